The molecule has 0 unspecified atom stereocenters. The maximum atomic E-state index is 2.32. The molecule has 0 atom stereocenters. The highest BCUT2D eigenvalue weighted by Gasteiger charge is 2.18. The van der Waals surface area contributed by atoms with E-state index >= 15 is 0 Å². The number of benzene rings is 2. The second-order valence-electron chi connectivity index (χ2n) is 4.69. The van der Waals surface area contributed by atoms with E-state index in [2.05, 4.69) is 56.7 Å². The summed E-state index contributed by atoms with van der Waals surface area (Å²) >= 11 is 0. The third kappa shape index (κ3) is 1.68. The van der Waals surface area contributed by atoms with Gasteiger partial charge in [0.05, 0.1) is 0 Å². The van der Waals surface area contributed by atoms with E-state index in [9.17, 15) is 0 Å². The lowest BCUT2D eigenvalue weighted by Crippen LogP contribution is -1.83. The van der Waals surface area contributed by atoms with Crippen molar-refractivity contribution in [3.63, 3.8) is 0 Å². The van der Waals surface area contributed by atoms with Gasteiger partial charge in [0, 0.05) is 6.42 Å². The van der Waals surface area contributed by atoms with Gasteiger partial charge in [-0.05, 0) is 46.2 Å². The first-order valence-corrected chi connectivity index (χ1v) is 6.42. The van der Waals surface area contributed by atoms with Crippen LogP contribution in [-0.4, -0.2) is 0 Å². The van der Waals surface area contributed by atoms with Crippen LogP contribution in [0.15, 0.2) is 36.4 Å². The minimum absolute atomic E-state index is 1.11. The van der Waals surface area contributed by atoms with Crippen molar-refractivity contribution >= 4 is 0 Å². The first-order chi connectivity index (χ1) is 8.31. The minimum Gasteiger partial charge on any atom is -0.0613 e. The van der Waals surface area contributed by atoms with Gasteiger partial charge >= 0.3 is 0 Å². The molecule has 0 spiro atoms. The van der Waals surface area contributed by atoms with E-state index < -0.39 is 0 Å². The second-order valence-corrected chi connectivity index (χ2v) is 4.69. The van der Waals surface area contributed by atoms with Crippen molar-refractivity contribution in [2.75, 3.05) is 0 Å². The Labute approximate surface area is 103 Å². The predicted octanol–water partition coefficient (Wildman–Crippen LogP) is 4.39. The van der Waals surface area contributed by atoms with Crippen LogP contribution in [0.25, 0.3) is 11.1 Å². The van der Waals surface area contributed by atoms with Gasteiger partial charge < -0.3 is 0 Å². The Morgan fingerprint density at radius 3 is 1.59 bits per heavy atom. The molecule has 0 nitrogen and oxygen atoms in total. The van der Waals surface area contributed by atoms with Gasteiger partial charge in [0.2, 0.25) is 0 Å². The zero-order valence-corrected chi connectivity index (χ0v) is 10.5. The van der Waals surface area contributed by atoms with E-state index in [0.717, 1.165) is 12.8 Å². The van der Waals surface area contributed by atoms with Crippen LogP contribution in [0.2, 0.25) is 0 Å². The van der Waals surface area contributed by atoms with E-state index in [1.807, 2.05) is 0 Å². The molecule has 2 aromatic rings. The maximum absolute atomic E-state index is 2.32. The molecule has 0 saturated heterocycles. The maximum Gasteiger partial charge on any atom is 0.0212 e. The summed E-state index contributed by atoms with van der Waals surface area (Å²) in [4.78, 5) is 0. The lowest BCUT2D eigenvalue weighted by Gasteiger charge is -2.03. The van der Waals surface area contributed by atoms with Crippen molar-refractivity contribution in [1.82, 2.24) is 0 Å². The molecule has 0 heterocycles. The standard InChI is InChI=1S/C17H17/c1-3-12-5-7-16-14(9-12)11-15-10-13(4-2)6-8-17(15)16/h5-11H,3-4H2,1-2H3. The zero-order chi connectivity index (χ0) is 11.8. The Kier molecular flexibility index (Phi) is 2.51. The van der Waals surface area contributed by atoms with Crippen molar-refractivity contribution in [2.24, 2.45) is 0 Å². The molecule has 2 aromatic carbocycles. The minimum atomic E-state index is 1.11. The van der Waals surface area contributed by atoms with Crippen LogP contribution < -0.4 is 0 Å². The number of aryl methyl sites for hydroxylation is 2. The van der Waals surface area contributed by atoms with Crippen molar-refractivity contribution in [1.29, 1.82) is 0 Å². The van der Waals surface area contributed by atoms with E-state index in [1.54, 1.807) is 0 Å². The number of hydrogen-bond acceptors (Lipinski definition) is 0. The molecule has 1 aliphatic carbocycles. The fourth-order valence-corrected chi connectivity index (χ4v) is 2.56. The Morgan fingerprint density at radius 2 is 1.18 bits per heavy atom. The number of fused-ring (bicyclic) bond motifs is 3. The van der Waals surface area contributed by atoms with Gasteiger partial charge in [-0.15, -0.1) is 0 Å². The quantitative estimate of drug-likeness (QED) is 0.602. The summed E-state index contributed by atoms with van der Waals surface area (Å²) in [6, 6.07) is 13.7. The second kappa shape index (κ2) is 4.03. The van der Waals surface area contributed by atoms with Gasteiger partial charge in [-0.2, -0.15) is 0 Å². The predicted molar refractivity (Wildman–Crippen MR) is 73.1 cm³/mol. The molecule has 0 fully saturated rings. The van der Waals surface area contributed by atoms with Gasteiger partial charge in [0.15, 0.2) is 0 Å². The van der Waals surface area contributed by atoms with Gasteiger partial charge in [-0.25, -0.2) is 0 Å². The van der Waals surface area contributed by atoms with Gasteiger partial charge in [-0.1, -0.05) is 50.2 Å². The van der Waals surface area contributed by atoms with E-state index in [-0.39, 0.29) is 0 Å². The van der Waals surface area contributed by atoms with E-state index in [4.69, 9.17) is 0 Å². The first kappa shape index (κ1) is 10.6. The summed E-state index contributed by atoms with van der Waals surface area (Å²) in [7, 11) is 0. The molecular weight excluding hydrogens is 204 g/mol. The van der Waals surface area contributed by atoms with Crippen LogP contribution in [0.5, 0.6) is 0 Å². The van der Waals surface area contributed by atoms with Crippen molar-refractivity contribution in [2.45, 2.75) is 26.7 Å². The monoisotopic (exact) mass is 221 g/mol. The molecule has 0 aromatic heterocycles. The van der Waals surface area contributed by atoms with Crippen LogP contribution in [0, 0.1) is 6.42 Å². The smallest absolute Gasteiger partial charge is 0.0212 e. The van der Waals surface area contributed by atoms with Gasteiger partial charge in [-0.3, -0.25) is 0 Å². The summed E-state index contributed by atoms with van der Waals surface area (Å²) < 4.78 is 0. The molecule has 85 valence electrons. The van der Waals surface area contributed by atoms with Crippen molar-refractivity contribution < 1.29 is 0 Å². The molecule has 1 aliphatic rings. The van der Waals surface area contributed by atoms with Crippen molar-refractivity contribution in [3.05, 3.63) is 65.1 Å². The topological polar surface area (TPSA) is 0 Å². The Hall–Kier alpha value is -1.56. The summed E-state index contributed by atoms with van der Waals surface area (Å²) in [5.41, 5.74) is 8.38. The van der Waals surface area contributed by atoms with Gasteiger partial charge in [0.25, 0.3) is 0 Å². The normalized spacial score (nSPS) is 12.4. The fraction of sp³-hybridized carbons (Fsp3) is 0.235. The molecular formula is C17H17. The van der Waals surface area contributed by atoms with Crippen LogP contribution in [-0.2, 0) is 12.8 Å². The van der Waals surface area contributed by atoms with Crippen LogP contribution in [0.3, 0.4) is 0 Å². The molecule has 0 aliphatic heterocycles. The van der Waals surface area contributed by atoms with E-state index in [0.29, 0.717) is 0 Å². The summed E-state index contributed by atoms with van der Waals surface area (Å²) in [6.07, 6.45) is 4.54. The third-order valence-corrected chi connectivity index (χ3v) is 3.65. The summed E-state index contributed by atoms with van der Waals surface area (Å²) in [5, 5.41) is 0. The molecule has 1 radical (unpaired) electrons. The Bertz CT molecular complexity index is 513. The highest BCUT2D eigenvalue weighted by molar-refractivity contribution is 5.81. The van der Waals surface area contributed by atoms with Crippen LogP contribution >= 0.6 is 0 Å². The lowest BCUT2D eigenvalue weighted by molar-refractivity contribution is 1.13. The third-order valence-electron chi connectivity index (χ3n) is 3.65. The molecule has 0 amide bonds. The Balaban J connectivity index is 2.10. The largest absolute Gasteiger partial charge is 0.0613 e. The SMILES string of the molecule is CCc1ccc2c(c1)[CH]c1cc(CC)ccc1-2. The Morgan fingerprint density at radius 1 is 0.706 bits per heavy atom. The molecule has 3 rings (SSSR count). The molecule has 0 heteroatoms. The molecule has 0 bridgehead atoms. The average Bonchev–Trinajstić information content (AvgIpc) is 2.74. The summed E-state index contributed by atoms with van der Waals surface area (Å²) in [5.74, 6) is 0. The summed E-state index contributed by atoms with van der Waals surface area (Å²) in [6.45, 7) is 4.41. The van der Waals surface area contributed by atoms with Crippen molar-refractivity contribution in [3.8, 4) is 11.1 Å². The zero-order valence-electron chi connectivity index (χ0n) is 10.5. The number of rotatable bonds is 2. The number of hydrogen-bond donors (Lipinski definition) is 0. The fourth-order valence-electron chi connectivity index (χ4n) is 2.56. The van der Waals surface area contributed by atoms with Crippen LogP contribution in [0.1, 0.15) is 36.1 Å². The lowest BCUT2D eigenvalue weighted by atomic mass is 10.0. The highest BCUT2D eigenvalue weighted by Crippen LogP contribution is 2.38. The van der Waals surface area contributed by atoms with E-state index in [1.165, 1.54) is 33.4 Å². The molecule has 17 heavy (non-hydrogen) atoms. The first-order valence-electron chi connectivity index (χ1n) is 6.42. The highest BCUT2D eigenvalue weighted by atomic mass is 14.2. The van der Waals surface area contributed by atoms with Gasteiger partial charge in [0.1, 0.15) is 0 Å². The molecule has 0 saturated carbocycles. The van der Waals surface area contributed by atoms with Crippen LogP contribution in [0.4, 0.5) is 0 Å². The molecule has 0 N–H and O–H groups in total. The average molecular weight is 221 g/mol.